The Morgan fingerprint density at radius 1 is 1.22 bits per heavy atom. The zero-order valence-electron chi connectivity index (χ0n) is 10.9. The lowest BCUT2D eigenvalue weighted by atomic mass is 10.1. The second-order valence-corrected chi connectivity index (χ2v) is 4.80. The summed E-state index contributed by atoms with van der Waals surface area (Å²) in [6, 6.07) is 4.38. The molecule has 0 amide bonds. The summed E-state index contributed by atoms with van der Waals surface area (Å²) in [6.45, 7) is 2.00. The van der Waals surface area contributed by atoms with Gasteiger partial charge in [-0.3, -0.25) is 0 Å². The van der Waals surface area contributed by atoms with Crippen molar-refractivity contribution < 1.29 is 9.47 Å². The number of hydrogen-bond donors (Lipinski definition) is 2. The molecular weight excluding hydrogens is 248 g/mol. The molecule has 1 aromatic carbocycles. The predicted octanol–water partition coefficient (Wildman–Crippen LogP) is 2.46. The molecule has 2 rings (SSSR count). The van der Waals surface area contributed by atoms with Gasteiger partial charge in [0, 0.05) is 17.8 Å². The van der Waals surface area contributed by atoms with Crippen molar-refractivity contribution >= 4 is 23.0 Å². The summed E-state index contributed by atoms with van der Waals surface area (Å²) in [4.78, 5) is 0. The number of nitrogens with one attached hydrogen (secondary N) is 2. The maximum Gasteiger partial charge on any atom is 0.171 e. The first-order chi connectivity index (χ1) is 8.63. The van der Waals surface area contributed by atoms with Crippen molar-refractivity contribution in [1.82, 2.24) is 5.32 Å². The molecule has 1 aliphatic carbocycles. The van der Waals surface area contributed by atoms with E-state index in [0.29, 0.717) is 16.9 Å². The van der Waals surface area contributed by atoms with Crippen molar-refractivity contribution in [3.63, 3.8) is 0 Å². The van der Waals surface area contributed by atoms with Gasteiger partial charge in [0.1, 0.15) is 0 Å². The molecule has 2 N–H and O–H groups in total. The van der Waals surface area contributed by atoms with Crippen LogP contribution in [0.5, 0.6) is 11.5 Å². The van der Waals surface area contributed by atoms with Crippen molar-refractivity contribution in [2.24, 2.45) is 0 Å². The molecule has 0 radical (unpaired) electrons. The summed E-state index contributed by atoms with van der Waals surface area (Å²) in [7, 11) is 3.25. The molecule has 0 heterocycles. The Morgan fingerprint density at radius 3 is 2.39 bits per heavy atom. The van der Waals surface area contributed by atoms with Crippen LogP contribution in [-0.4, -0.2) is 25.4 Å². The third-order valence-corrected chi connectivity index (χ3v) is 3.11. The van der Waals surface area contributed by atoms with Gasteiger partial charge in [0.05, 0.1) is 14.2 Å². The van der Waals surface area contributed by atoms with E-state index in [1.165, 1.54) is 12.8 Å². The Kier molecular flexibility index (Phi) is 3.91. The minimum absolute atomic E-state index is 0.547. The predicted molar refractivity (Wildman–Crippen MR) is 76.7 cm³/mol. The fourth-order valence-electron chi connectivity index (χ4n) is 1.69. The van der Waals surface area contributed by atoms with Crippen LogP contribution in [0.2, 0.25) is 0 Å². The van der Waals surface area contributed by atoms with E-state index in [-0.39, 0.29) is 0 Å². The third-order valence-electron chi connectivity index (χ3n) is 2.89. The largest absolute Gasteiger partial charge is 0.493 e. The van der Waals surface area contributed by atoms with E-state index in [1.807, 2.05) is 19.1 Å². The van der Waals surface area contributed by atoms with Gasteiger partial charge < -0.3 is 20.1 Å². The summed E-state index contributed by atoms with van der Waals surface area (Å²) in [6.07, 6.45) is 2.40. The highest BCUT2D eigenvalue weighted by molar-refractivity contribution is 7.80. The van der Waals surface area contributed by atoms with Gasteiger partial charge in [0.2, 0.25) is 0 Å². The molecule has 0 spiro atoms. The SMILES string of the molecule is COc1cc(C)c(NC(=S)NC2CC2)cc1OC. The third kappa shape index (κ3) is 3.04. The quantitative estimate of drug-likeness (QED) is 0.820. The van der Waals surface area contributed by atoms with Gasteiger partial charge in [-0.2, -0.15) is 0 Å². The van der Waals surface area contributed by atoms with Crippen molar-refractivity contribution in [3.8, 4) is 11.5 Å². The Morgan fingerprint density at radius 2 is 1.83 bits per heavy atom. The van der Waals surface area contributed by atoms with Crippen molar-refractivity contribution in [3.05, 3.63) is 17.7 Å². The molecule has 0 atom stereocenters. The summed E-state index contributed by atoms with van der Waals surface area (Å²) >= 11 is 5.26. The van der Waals surface area contributed by atoms with Gasteiger partial charge in [-0.25, -0.2) is 0 Å². The normalized spacial score (nSPS) is 13.9. The minimum Gasteiger partial charge on any atom is -0.493 e. The average molecular weight is 266 g/mol. The zero-order chi connectivity index (χ0) is 13.1. The summed E-state index contributed by atoms with van der Waals surface area (Å²) in [5.41, 5.74) is 2.00. The lowest BCUT2D eigenvalue weighted by Gasteiger charge is -2.15. The summed E-state index contributed by atoms with van der Waals surface area (Å²) < 4.78 is 10.5. The molecule has 18 heavy (non-hydrogen) atoms. The fourth-order valence-corrected chi connectivity index (χ4v) is 1.96. The second kappa shape index (κ2) is 5.44. The van der Waals surface area contributed by atoms with Gasteiger partial charge in [-0.15, -0.1) is 0 Å². The Balaban J connectivity index is 2.13. The maximum atomic E-state index is 5.28. The molecule has 0 bridgehead atoms. The van der Waals surface area contributed by atoms with E-state index in [2.05, 4.69) is 10.6 Å². The molecule has 1 saturated carbocycles. The molecule has 0 aliphatic heterocycles. The molecule has 5 heteroatoms. The van der Waals surface area contributed by atoms with E-state index in [4.69, 9.17) is 21.7 Å². The molecule has 1 aliphatic rings. The topological polar surface area (TPSA) is 42.5 Å². The highest BCUT2D eigenvalue weighted by Crippen LogP contribution is 2.32. The Bertz CT molecular complexity index is 459. The Hall–Kier alpha value is -1.49. The van der Waals surface area contributed by atoms with E-state index >= 15 is 0 Å². The van der Waals surface area contributed by atoms with Gasteiger partial charge in [0.15, 0.2) is 16.6 Å². The fraction of sp³-hybridized carbons (Fsp3) is 0.462. The van der Waals surface area contributed by atoms with Crippen molar-refractivity contribution in [1.29, 1.82) is 0 Å². The minimum atomic E-state index is 0.547. The molecule has 0 unspecified atom stereocenters. The van der Waals surface area contributed by atoms with E-state index < -0.39 is 0 Å². The van der Waals surface area contributed by atoms with E-state index in [0.717, 1.165) is 17.0 Å². The van der Waals surface area contributed by atoms with Gasteiger partial charge in [-0.05, 0) is 43.6 Å². The number of hydrogen-bond acceptors (Lipinski definition) is 3. The van der Waals surface area contributed by atoms with Crippen LogP contribution in [0.1, 0.15) is 18.4 Å². The van der Waals surface area contributed by atoms with Crippen LogP contribution >= 0.6 is 12.2 Å². The molecule has 1 aromatic rings. The monoisotopic (exact) mass is 266 g/mol. The molecule has 0 saturated heterocycles. The van der Waals surface area contributed by atoms with Crippen LogP contribution in [-0.2, 0) is 0 Å². The van der Waals surface area contributed by atoms with Crippen LogP contribution in [0.3, 0.4) is 0 Å². The van der Waals surface area contributed by atoms with Crippen LogP contribution < -0.4 is 20.1 Å². The number of aryl methyl sites for hydroxylation is 1. The van der Waals surface area contributed by atoms with E-state index in [9.17, 15) is 0 Å². The van der Waals surface area contributed by atoms with Gasteiger partial charge in [-0.1, -0.05) is 0 Å². The number of rotatable bonds is 4. The van der Waals surface area contributed by atoms with Gasteiger partial charge >= 0.3 is 0 Å². The highest BCUT2D eigenvalue weighted by atomic mass is 32.1. The number of methoxy groups -OCH3 is 2. The number of benzene rings is 1. The van der Waals surface area contributed by atoms with Crippen molar-refractivity contribution in [2.75, 3.05) is 19.5 Å². The summed E-state index contributed by atoms with van der Waals surface area (Å²) in [5.74, 6) is 1.42. The Labute approximate surface area is 113 Å². The van der Waals surface area contributed by atoms with Crippen LogP contribution in [0.25, 0.3) is 0 Å². The zero-order valence-corrected chi connectivity index (χ0v) is 11.7. The first-order valence-corrected chi connectivity index (χ1v) is 6.35. The smallest absolute Gasteiger partial charge is 0.171 e. The first kappa shape index (κ1) is 13.0. The number of anilines is 1. The van der Waals surface area contributed by atoms with Crippen LogP contribution in [0.15, 0.2) is 12.1 Å². The lowest BCUT2D eigenvalue weighted by Crippen LogP contribution is -2.30. The van der Waals surface area contributed by atoms with Crippen molar-refractivity contribution in [2.45, 2.75) is 25.8 Å². The first-order valence-electron chi connectivity index (χ1n) is 5.94. The average Bonchev–Trinajstić information content (AvgIpc) is 3.14. The van der Waals surface area contributed by atoms with Crippen LogP contribution in [0.4, 0.5) is 5.69 Å². The molecule has 4 nitrogen and oxygen atoms in total. The van der Waals surface area contributed by atoms with Gasteiger partial charge in [0.25, 0.3) is 0 Å². The lowest BCUT2D eigenvalue weighted by molar-refractivity contribution is 0.355. The highest BCUT2D eigenvalue weighted by Gasteiger charge is 2.22. The summed E-state index contributed by atoms with van der Waals surface area (Å²) in [5, 5.41) is 7.10. The number of ether oxygens (including phenoxy) is 2. The standard InChI is InChI=1S/C13H18N2O2S/c1-8-6-11(16-2)12(17-3)7-10(8)15-13(18)14-9-4-5-9/h6-7,9H,4-5H2,1-3H3,(H2,14,15,18). The molecule has 98 valence electrons. The van der Waals surface area contributed by atoms with E-state index in [1.54, 1.807) is 14.2 Å². The van der Waals surface area contributed by atoms with Crippen LogP contribution in [0, 0.1) is 6.92 Å². The molecule has 1 fully saturated rings. The maximum absolute atomic E-state index is 5.28. The number of thiocarbonyl (C=S) groups is 1. The second-order valence-electron chi connectivity index (χ2n) is 4.39. The molecule has 0 aromatic heterocycles. The molecular formula is C13H18N2O2S.